The molecule has 0 saturated carbocycles. The van der Waals surface area contributed by atoms with Gasteiger partial charge in [0.05, 0.1) is 0 Å². The van der Waals surface area contributed by atoms with Crippen molar-refractivity contribution in [3.05, 3.63) is 0 Å². The van der Waals surface area contributed by atoms with Gasteiger partial charge in [-0.3, -0.25) is 24.0 Å². The molecule has 0 saturated heterocycles. The van der Waals surface area contributed by atoms with E-state index >= 15 is 0 Å². The van der Waals surface area contributed by atoms with Gasteiger partial charge in [-0.2, -0.15) is 24.4 Å². The second-order valence-electron chi connectivity index (χ2n) is 5.62. The summed E-state index contributed by atoms with van der Waals surface area (Å²) in [6, 6.07) is -2.83. The Morgan fingerprint density at radius 3 is 1.93 bits per heavy atom. The van der Waals surface area contributed by atoms with E-state index in [1.165, 1.54) is 0 Å². The number of rotatable bonds is 13. The quantitative estimate of drug-likeness (QED) is 0.141. The number of thioether (sulfide) groups is 1. The zero-order chi connectivity index (χ0) is 23.0. The lowest BCUT2D eigenvalue weighted by Crippen LogP contribution is -2.49. The molecule has 3 atom stereocenters. The monoisotopic (exact) mass is 456 g/mol. The van der Waals surface area contributed by atoms with Crippen LogP contribution in [0.2, 0.25) is 0 Å². The van der Waals surface area contributed by atoms with Gasteiger partial charge in [-0.1, -0.05) is 0 Å². The van der Waals surface area contributed by atoms with Crippen molar-refractivity contribution in [3.8, 4) is 0 Å². The Hall–Kier alpha value is -2.03. The lowest BCUT2D eigenvalue weighted by Gasteiger charge is -2.16. The van der Waals surface area contributed by atoms with Gasteiger partial charge in [-0.05, 0) is 24.9 Å². The summed E-state index contributed by atoms with van der Waals surface area (Å²) < 4.78 is 0. The Bertz CT molecular complexity index is 564. The van der Waals surface area contributed by atoms with Crippen molar-refractivity contribution >= 4 is 54.1 Å². The van der Waals surface area contributed by atoms with Crippen LogP contribution in [0, 0.1) is 0 Å². The zero-order valence-corrected chi connectivity index (χ0v) is 17.6. The maximum absolute atomic E-state index is 11.5. The lowest BCUT2D eigenvalue weighted by molar-refractivity contribution is -0.139. The van der Waals surface area contributed by atoms with Gasteiger partial charge < -0.3 is 37.4 Å². The topological polar surface area (TPSA) is 222 Å². The van der Waals surface area contributed by atoms with Crippen LogP contribution in [0.25, 0.3) is 0 Å². The molecule has 12 nitrogen and oxygen atoms in total. The van der Waals surface area contributed by atoms with Crippen LogP contribution in [0.5, 0.6) is 0 Å². The smallest absolute Gasteiger partial charge is 0.322 e. The number of hydrogen-bond donors (Lipinski definition) is 8. The molecule has 0 rings (SSSR count). The maximum Gasteiger partial charge on any atom is 0.322 e. The Morgan fingerprint density at radius 1 is 1.00 bits per heavy atom. The number of carboxylic acid groups (broad SMARTS) is 3. The lowest BCUT2D eigenvalue weighted by atomic mass is 10.1. The SMILES string of the molecule is CSCC[C@H](N)C(=O)O.NC(CCC(=O)NC(CS)C(=O)NCC(=O)O)C(=O)O. The van der Waals surface area contributed by atoms with Crippen molar-refractivity contribution in [1.29, 1.82) is 0 Å². The van der Waals surface area contributed by atoms with E-state index in [0.29, 0.717) is 6.42 Å². The number of nitrogens with one attached hydrogen (secondary N) is 2. The van der Waals surface area contributed by atoms with Crippen molar-refractivity contribution < 1.29 is 39.3 Å². The largest absolute Gasteiger partial charge is 0.480 e. The molecule has 168 valence electrons. The van der Waals surface area contributed by atoms with Crippen molar-refractivity contribution in [2.75, 3.05) is 24.3 Å². The Labute approximate surface area is 177 Å². The van der Waals surface area contributed by atoms with Gasteiger partial charge in [-0.15, -0.1) is 0 Å². The number of carboxylic acids is 3. The molecule has 0 aromatic rings. The van der Waals surface area contributed by atoms with Crippen LogP contribution >= 0.6 is 24.4 Å². The first-order valence-electron chi connectivity index (χ1n) is 8.31. The van der Waals surface area contributed by atoms with Gasteiger partial charge in [0.2, 0.25) is 11.8 Å². The first-order valence-corrected chi connectivity index (χ1v) is 10.3. The number of carbonyl (C=O) groups is 5. The molecule has 0 aliphatic carbocycles. The van der Waals surface area contributed by atoms with Crippen LogP contribution in [0.15, 0.2) is 0 Å². The van der Waals surface area contributed by atoms with E-state index in [0.717, 1.165) is 5.75 Å². The number of thiol groups is 1. The summed E-state index contributed by atoms with van der Waals surface area (Å²) in [5, 5.41) is 29.6. The standard InChI is InChI=1S/C10H17N3O6S.C5H11NO2S/c11-5(10(18)19)1-2-7(14)13-6(4-20)9(17)12-3-8(15)16;1-9-3-2-4(6)5(7)8/h5-6,20H,1-4,11H2,(H,12,17)(H,13,14)(H,15,16)(H,18,19);4H,2-3,6H2,1H3,(H,7,8)/t;4-/m.0/s1. The third-order valence-electron chi connectivity index (χ3n) is 3.20. The van der Waals surface area contributed by atoms with Crippen molar-refractivity contribution in [1.82, 2.24) is 10.6 Å². The van der Waals surface area contributed by atoms with Gasteiger partial charge in [0.25, 0.3) is 0 Å². The minimum absolute atomic E-state index is 0.0256. The molecule has 2 unspecified atom stereocenters. The van der Waals surface area contributed by atoms with Crippen LogP contribution in [-0.2, 0) is 24.0 Å². The van der Waals surface area contributed by atoms with Crippen molar-refractivity contribution in [2.24, 2.45) is 11.5 Å². The van der Waals surface area contributed by atoms with Crippen LogP contribution in [-0.4, -0.2) is 87.5 Å². The predicted molar refractivity (Wildman–Crippen MR) is 110 cm³/mol. The van der Waals surface area contributed by atoms with Gasteiger partial charge >= 0.3 is 17.9 Å². The Morgan fingerprint density at radius 2 is 1.52 bits per heavy atom. The highest BCUT2D eigenvalue weighted by Crippen LogP contribution is 1.98. The minimum atomic E-state index is -1.22. The maximum atomic E-state index is 11.5. The molecule has 14 heteroatoms. The normalized spacial score (nSPS) is 13.1. The molecule has 9 N–H and O–H groups in total. The number of aliphatic carboxylic acids is 3. The van der Waals surface area contributed by atoms with E-state index < -0.39 is 54.4 Å². The fraction of sp³-hybridized carbons (Fsp3) is 0.667. The number of amides is 2. The zero-order valence-electron chi connectivity index (χ0n) is 15.9. The summed E-state index contributed by atoms with van der Waals surface area (Å²) in [5.41, 5.74) is 10.4. The van der Waals surface area contributed by atoms with Crippen LogP contribution in [0.3, 0.4) is 0 Å². The fourth-order valence-electron chi connectivity index (χ4n) is 1.52. The molecule has 0 fully saturated rings. The number of carbonyl (C=O) groups excluding carboxylic acids is 2. The minimum Gasteiger partial charge on any atom is -0.480 e. The molecular weight excluding hydrogens is 428 g/mol. The van der Waals surface area contributed by atoms with Crippen LogP contribution in [0.4, 0.5) is 0 Å². The van der Waals surface area contributed by atoms with Gasteiger partial charge in [0.1, 0.15) is 24.7 Å². The van der Waals surface area contributed by atoms with Crippen LogP contribution in [0.1, 0.15) is 19.3 Å². The third-order valence-corrected chi connectivity index (χ3v) is 4.21. The molecule has 0 bridgehead atoms. The van der Waals surface area contributed by atoms with Gasteiger partial charge in [0, 0.05) is 12.2 Å². The molecule has 29 heavy (non-hydrogen) atoms. The molecule has 0 spiro atoms. The first kappa shape index (κ1) is 29.2. The first-order chi connectivity index (χ1) is 13.5. The van der Waals surface area contributed by atoms with Crippen molar-refractivity contribution in [2.45, 2.75) is 37.4 Å². The highest BCUT2D eigenvalue weighted by Gasteiger charge is 2.20. The Kier molecular flexibility index (Phi) is 17.0. The third kappa shape index (κ3) is 16.6. The average Bonchev–Trinajstić information content (AvgIpc) is 2.66. The molecule has 2 amide bonds. The summed E-state index contributed by atoms with van der Waals surface area (Å²) in [4.78, 5) is 53.8. The van der Waals surface area contributed by atoms with E-state index in [1.54, 1.807) is 11.8 Å². The molecule has 0 aliphatic rings. The van der Waals surface area contributed by atoms with E-state index in [1.807, 2.05) is 6.26 Å². The summed E-state index contributed by atoms with van der Waals surface area (Å²) in [5.74, 6) is -3.80. The average molecular weight is 457 g/mol. The Balaban J connectivity index is 0. The van der Waals surface area contributed by atoms with E-state index in [-0.39, 0.29) is 18.6 Å². The molecule has 0 aromatic carbocycles. The van der Waals surface area contributed by atoms with E-state index in [2.05, 4.69) is 23.3 Å². The molecular formula is C15H28N4O8S2. The van der Waals surface area contributed by atoms with E-state index in [4.69, 9.17) is 26.8 Å². The highest BCUT2D eigenvalue weighted by molar-refractivity contribution is 7.98. The van der Waals surface area contributed by atoms with Crippen LogP contribution < -0.4 is 22.1 Å². The predicted octanol–water partition coefficient (Wildman–Crippen LogP) is -2.05. The second kappa shape index (κ2) is 16.9. The number of hydrogen-bond acceptors (Lipinski definition) is 9. The van der Waals surface area contributed by atoms with Gasteiger partial charge in [0.15, 0.2) is 0 Å². The molecule has 0 aromatic heterocycles. The summed E-state index contributed by atoms with van der Waals surface area (Å²) in [6.07, 6.45) is 2.24. The number of nitrogens with two attached hydrogens (primary N) is 2. The van der Waals surface area contributed by atoms with Crippen molar-refractivity contribution in [3.63, 3.8) is 0 Å². The highest BCUT2D eigenvalue weighted by atomic mass is 32.2. The molecule has 0 heterocycles. The fourth-order valence-corrected chi connectivity index (χ4v) is 2.27. The molecule has 0 aliphatic heterocycles. The summed E-state index contributed by atoms with van der Waals surface area (Å²) in [7, 11) is 0. The van der Waals surface area contributed by atoms with E-state index in [9.17, 15) is 24.0 Å². The summed E-state index contributed by atoms with van der Waals surface area (Å²) >= 11 is 5.48. The van der Waals surface area contributed by atoms with Gasteiger partial charge in [-0.25, -0.2) is 0 Å². The summed E-state index contributed by atoms with van der Waals surface area (Å²) in [6.45, 7) is -0.567. The second-order valence-corrected chi connectivity index (χ2v) is 6.97. The molecule has 0 radical (unpaired) electrons.